The highest BCUT2D eigenvalue weighted by atomic mass is 16.6. The predicted octanol–water partition coefficient (Wildman–Crippen LogP) is 0.244. The lowest BCUT2D eigenvalue weighted by atomic mass is 10.1. The minimum atomic E-state index is -0.730. The van der Waals surface area contributed by atoms with Gasteiger partial charge < -0.3 is 15.8 Å². The average molecular weight is 256 g/mol. The van der Waals surface area contributed by atoms with E-state index in [0.29, 0.717) is 38.6 Å². The fraction of sp³-hybridized carbons (Fsp3) is 0.750. The van der Waals surface area contributed by atoms with Gasteiger partial charge in [-0.05, 0) is 38.6 Å². The normalized spacial score (nSPS) is 22.3. The molecule has 6 nitrogen and oxygen atoms in total. The molecule has 0 aliphatic carbocycles. The smallest absolute Gasteiger partial charge is 0.336 e. The molecule has 1 saturated heterocycles. The van der Waals surface area contributed by atoms with Crippen molar-refractivity contribution >= 4 is 17.8 Å². The molecule has 102 valence electrons. The summed E-state index contributed by atoms with van der Waals surface area (Å²) in [6, 6.07) is -0.730. The molecule has 0 bridgehead atoms. The molecule has 0 radical (unpaired) electrons. The van der Waals surface area contributed by atoms with E-state index in [9.17, 15) is 14.4 Å². The Bertz CT molecular complexity index is 317. The zero-order valence-electron chi connectivity index (χ0n) is 10.4. The summed E-state index contributed by atoms with van der Waals surface area (Å²) in [6.45, 7) is 0.536. The van der Waals surface area contributed by atoms with Gasteiger partial charge >= 0.3 is 11.9 Å². The minimum Gasteiger partial charge on any atom is -0.392 e. The second kappa shape index (κ2) is 7.81. The molecule has 0 saturated carbocycles. The van der Waals surface area contributed by atoms with Gasteiger partial charge in [-0.25, -0.2) is 4.79 Å². The maximum Gasteiger partial charge on any atom is 0.336 e. The molecule has 1 amide bonds. The van der Waals surface area contributed by atoms with Crippen LogP contribution in [0.2, 0.25) is 0 Å². The van der Waals surface area contributed by atoms with Gasteiger partial charge in [-0.15, -0.1) is 0 Å². The van der Waals surface area contributed by atoms with E-state index in [1.807, 2.05) is 0 Å². The Labute approximate surface area is 106 Å². The van der Waals surface area contributed by atoms with E-state index in [2.05, 4.69) is 5.32 Å². The van der Waals surface area contributed by atoms with E-state index >= 15 is 0 Å². The zero-order valence-corrected chi connectivity index (χ0v) is 10.4. The van der Waals surface area contributed by atoms with Crippen LogP contribution in [0.4, 0.5) is 0 Å². The summed E-state index contributed by atoms with van der Waals surface area (Å²) >= 11 is 0. The topological polar surface area (TPSA) is 98.5 Å². The lowest BCUT2D eigenvalue weighted by Gasteiger charge is -2.18. The number of nitrogens with one attached hydrogen (secondary N) is 1. The molecule has 0 unspecified atom stereocenters. The van der Waals surface area contributed by atoms with Gasteiger partial charge in [0.2, 0.25) is 5.91 Å². The predicted molar refractivity (Wildman–Crippen MR) is 64.4 cm³/mol. The molecule has 0 aromatic rings. The molecule has 1 heterocycles. The van der Waals surface area contributed by atoms with Crippen molar-refractivity contribution in [2.75, 3.05) is 6.54 Å². The van der Waals surface area contributed by atoms with Gasteiger partial charge in [-0.1, -0.05) is 0 Å². The summed E-state index contributed by atoms with van der Waals surface area (Å²) in [4.78, 5) is 34.5. The van der Waals surface area contributed by atoms with Crippen LogP contribution in [0, 0.1) is 0 Å². The van der Waals surface area contributed by atoms with Crippen LogP contribution < -0.4 is 11.1 Å². The third-order valence-electron chi connectivity index (χ3n) is 2.82. The first kappa shape index (κ1) is 14.6. The summed E-state index contributed by atoms with van der Waals surface area (Å²) in [7, 11) is 0. The summed E-state index contributed by atoms with van der Waals surface area (Å²) in [5.74, 6) is -1.34. The van der Waals surface area contributed by atoms with Gasteiger partial charge in [0.1, 0.15) is 6.04 Å². The van der Waals surface area contributed by atoms with Crippen LogP contribution in [-0.4, -0.2) is 30.4 Å². The fourth-order valence-electron chi connectivity index (χ4n) is 1.80. The van der Waals surface area contributed by atoms with E-state index in [1.54, 1.807) is 0 Å². The van der Waals surface area contributed by atoms with Gasteiger partial charge in [-0.2, -0.15) is 0 Å². The first-order valence-electron chi connectivity index (χ1n) is 6.37. The van der Waals surface area contributed by atoms with Crippen molar-refractivity contribution in [2.45, 2.75) is 51.0 Å². The third-order valence-corrected chi connectivity index (χ3v) is 2.82. The van der Waals surface area contributed by atoms with E-state index in [0.717, 1.165) is 6.42 Å². The standard InChI is InChI=1S/C12H20N2O4/c13-8-4-3-5-9-12(17)18-11(16)7-2-1-6-10(15)14-9/h9H,1-8,13H2,(H,14,15)/t9-/m0/s1. The summed E-state index contributed by atoms with van der Waals surface area (Å²) < 4.78 is 4.69. The first-order chi connectivity index (χ1) is 8.63. The van der Waals surface area contributed by atoms with Crippen LogP contribution in [0.15, 0.2) is 0 Å². The monoisotopic (exact) mass is 256 g/mol. The Morgan fingerprint density at radius 1 is 1.17 bits per heavy atom. The van der Waals surface area contributed by atoms with E-state index in [-0.39, 0.29) is 12.3 Å². The van der Waals surface area contributed by atoms with Crippen molar-refractivity contribution in [1.82, 2.24) is 5.32 Å². The molecular formula is C12H20N2O4. The molecule has 6 heteroatoms. The highest BCUT2D eigenvalue weighted by Gasteiger charge is 2.25. The molecule has 1 rings (SSSR count). The number of hydrogen-bond acceptors (Lipinski definition) is 5. The maximum absolute atomic E-state index is 11.7. The second-order valence-corrected chi connectivity index (χ2v) is 4.40. The number of rotatable bonds is 4. The van der Waals surface area contributed by atoms with Gasteiger partial charge in [0, 0.05) is 12.8 Å². The van der Waals surface area contributed by atoms with Crippen molar-refractivity contribution < 1.29 is 19.1 Å². The molecule has 1 atom stereocenters. The van der Waals surface area contributed by atoms with Crippen LogP contribution in [0.3, 0.4) is 0 Å². The molecule has 18 heavy (non-hydrogen) atoms. The summed E-state index contributed by atoms with van der Waals surface area (Å²) in [5, 5.41) is 2.61. The Balaban J connectivity index is 2.58. The van der Waals surface area contributed by atoms with E-state index in [1.165, 1.54) is 0 Å². The van der Waals surface area contributed by atoms with E-state index < -0.39 is 18.0 Å². The van der Waals surface area contributed by atoms with Crippen LogP contribution in [0.1, 0.15) is 44.9 Å². The van der Waals surface area contributed by atoms with Crippen LogP contribution in [0.5, 0.6) is 0 Å². The van der Waals surface area contributed by atoms with Crippen molar-refractivity contribution in [3.8, 4) is 0 Å². The quantitative estimate of drug-likeness (QED) is 0.426. The molecule has 1 aliphatic rings. The number of ether oxygens (including phenoxy) is 1. The average Bonchev–Trinajstić information content (AvgIpc) is 2.33. The number of amides is 1. The lowest BCUT2D eigenvalue weighted by Crippen LogP contribution is -2.43. The Kier molecular flexibility index (Phi) is 6.35. The highest BCUT2D eigenvalue weighted by Crippen LogP contribution is 2.09. The van der Waals surface area contributed by atoms with Crippen molar-refractivity contribution in [2.24, 2.45) is 5.73 Å². The van der Waals surface area contributed by atoms with Gasteiger partial charge in [-0.3, -0.25) is 9.59 Å². The lowest BCUT2D eigenvalue weighted by molar-refractivity contribution is -0.162. The van der Waals surface area contributed by atoms with Crippen molar-refractivity contribution in [1.29, 1.82) is 0 Å². The SMILES string of the molecule is NCCCC[C@@H]1NC(=O)CCCCC(=O)OC1=O. The molecule has 3 N–H and O–H groups in total. The fourth-order valence-corrected chi connectivity index (χ4v) is 1.80. The maximum atomic E-state index is 11.7. The number of unbranched alkanes of at least 4 members (excludes halogenated alkanes) is 1. The molecular weight excluding hydrogens is 236 g/mol. The van der Waals surface area contributed by atoms with Gasteiger partial charge in [0.25, 0.3) is 0 Å². The van der Waals surface area contributed by atoms with Gasteiger partial charge in [0.15, 0.2) is 0 Å². The molecule has 0 aromatic heterocycles. The minimum absolute atomic E-state index is 0.168. The Hall–Kier alpha value is -1.43. The number of esters is 2. The largest absolute Gasteiger partial charge is 0.392 e. The summed E-state index contributed by atoms with van der Waals surface area (Å²) in [6.07, 6.45) is 3.66. The summed E-state index contributed by atoms with van der Waals surface area (Å²) in [5.41, 5.74) is 5.37. The number of nitrogens with two attached hydrogens (primary N) is 1. The van der Waals surface area contributed by atoms with Crippen LogP contribution in [0.25, 0.3) is 0 Å². The number of carbonyl (C=O) groups is 3. The number of hydrogen-bond donors (Lipinski definition) is 2. The molecule has 0 spiro atoms. The Morgan fingerprint density at radius 2 is 1.89 bits per heavy atom. The molecule has 0 aromatic carbocycles. The Morgan fingerprint density at radius 3 is 2.61 bits per heavy atom. The van der Waals surface area contributed by atoms with Crippen molar-refractivity contribution in [3.05, 3.63) is 0 Å². The number of cyclic esters (lactones) is 2. The van der Waals surface area contributed by atoms with Crippen LogP contribution >= 0.6 is 0 Å². The van der Waals surface area contributed by atoms with Crippen LogP contribution in [-0.2, 0) is 19.1 Å². The molecule has 1 fully saturated rings. The second-order valence-electron chi connectivity index (χ2n) is 4.40. The third kappa shape index (κ3) is 5.27. The van der Waals surface area contributed by atoms with E-state index in [4.69, 9.17) is 10.5 Å². The molecule has 1 aliphatic heterocycles. The van der Waals surface area contributed by atoms with Gasteiger partial charge in [0.05, 0.1) is 0 Å². The van der Waals surface area contributed by atoms with Crippen molar-refractivity contribution in [3.63, 3.8) is 0 Å². The number of carbonyl (C=O) groups excluding carboxylic acids is 3. The first-order valence-corrected chi connectivity index (χ1v) is 6.37. The zero-order chi connectivity index (χ0) is 13.4. The highest BCUT2D eigenvalue weighted by molar-refractivity contribution is 5.91.